The summed E-state index contributed by atoms with van der Waals surface area (Å²) in [6, 6.07) is 5.12. The monoisotopic (exact) mass is 365 g/mol. The molecule has 0 saturated heterocycles. The highest BCUT2D eigenvalue weighted by molar-refractivity contribution is 6.67. The maximum Gasteiger partial charge on any atom is 0.216 e. The largest absolute Gasteiger partial charge is 0.216 e. The highest BCUT2D eigenvalue weighted by atomic mass is 35.6. The smallest absolute Gasteiger partial charge is 0.0784 e. The summed E-state index contributed by atoms with van der Waals surface area (Å²) in [5.74, 6) is 0.226. The van der Waals surface area contributed by atoms with E-state index in [9.17, 15) is 0 Å². The Hall–Kier alpha value is 0.960. The summed E-state index contributed by atoms with van der Waals surface area (Å²) < 4.78 is -3.13. The quantitative estimate of drug-likeness (QED) is 0.520. The lowest BCUT2D eigenvalue weighted by Gasteiger charge is -2.24. The molecule has 0 N–H and O–H groups in total. The molecule has 0 atom stereocenters. The van der Waals surface area contributed by atoms with Gasteiger partial charge in [0.2, 0.25) is 7.59 Å². The summed E-state index contributed by atoms with van der Waals surface area (Å²) in [4.78, 5) is 0. The van der Waals surface area contributed by atoms with Gasteiger partial charge in [0.25, 0.3) is 0 Å². The molecule has 101 valence electrons. The van der Waals surface area contributed by atoms with Crippen LogP contribution in [0.1, 0.15) is 30.5 Å². The second-order valence-corrected chi connectivity index (χ2v) is 8.74. The Labute approximate surface area is 137 Å². The molecule has 1 aromatic carbocycles. The Morgan fingerprint density at radius 3 is 1.56 bits per heavy atom. The number of hydrogen-bond acceptors (Lipinski definition) is 0. The highest BCUT2D eigenvalue weighted by Crippen LogP contribution is 2.47. The van der Waals surface area contributed by atoms with E-state index in [1.807, 2.05) is 20.3 Å². The summed E-state index contributed by atoms with van der Waals surface area (Å²) in [5, 5.41) is 0. The second kappa shape index (κ2) is 6.16. The summed E-state index contributed by atoms with van der Waals surface area (Å²) in [6.07, 6.45) is 1.91. The van der Waals surface area contributed by atoms with Gasteiger partial charge in [-0.1, -0.05) is 102 Å². The maximum atomic E-state index is 5.95. The van der Waals surface area contributed by atoms with Crippen LogP contribution in [0.4, 0.5) is 0 Å². The first-order chi connectivity index (χ1) is 8.03. The van der Waals surface area contributed by atoms with Gasteiger partial charge in [-0.15, -0.1) is 0 Å². The third kappa shape index (κ3) is 4.51. The van der Waals surface area contributed by atoms with E-state index in [1.165, 1.54) is 0 Å². The molecule has 0 nitrogen and oxygen atoms in total. The predicted molar refractivity (Wildman–Crippen MR) is 83.2 cm³/mol. The van der Waals surface area contributed by atoms with Crippen LogP contribution in [0.3, 0.4) is 0 Å². The van der Waals surface area contributed by atoms with E-state index < -0.39 is 7.59 Å². The molecule has 18 heavy (non-hydrogen) atoms. The molecular formula is C12H11Cl6. The zero-order chi connectivity index (χ0) is 14.1. The SMILES string of the molecule is CC(C)[CH]c1c(C(Cl)(Cl)Cl)cccc1C(Cl)(Cl)Cl. The molecule has 0 aliphatic carbocycles. The molecule has 0 saturated carbocycles. The number of benzene rings is 1. The van der Waals surface area contributed by atoms with E-state index in [0.717, 1.165) is 0 Å². The van der Waals surface area contributed by atoms with Crippen molar-refractivity contribution >= 4 is 69.6 Å². The lowest BCUT2D eigenvalue weighted by Crippen LogP contribution is -2.13. The molecule has 0 amide bonds. The molecule has 0 spiro atoms. The second-order valence-electron chi connectivity index (χ2n) is 4.17. The minimum Gasteiger partial charge on any atom is -0.0784 e. The fourth-order valence-electron chi connectivity index (χ4n) is 1.57. The van der Waals surface area contributed by atoms with E-state index in [1.54, 1.807) is 18.2 Å². The summed E-state index contributed by atoms with van der Waals surface area (Å²) in [6.45, 7) is 3.99. The molecule has 0 fully saturated rings. The molecule has 1 aromatic rings. The number of halogens is 6. The van der Waals surface area contributed by atoms with Crippen LogP contribution in [0, 0.1) is 12.3 Å². The van der Waals surface area contributed by atoms with Crippen molar-refractivity contribution in [2.45, 2.75) is 21.4 Å². The Morgan fingerprint density at radius 2 is 1.28 bits per heavy atom. The number of alkyl halides is 6. The standard InChI is InChI=1S/C12H11Cl6/c1-7(2)6-8-9(11(13,14)15)4-3-5-10(8)12(16,17)18/h3-7H,1-2H3. The van der Waals surface area contributed by atoms with Gasteiger partial charge in [0.15, 0.2) is 0 Å². The van der Waals surface area contributed by atoms with E-state index in [-0.39, 0.29) is 5.92 Å². The van der Waals surface area contributed by atoms with Gasteiger partial charge in [-0.3, -0.25) is 0 Å². The van der Waals surface area contributed by atoms with Crippen molar-refractivity contribution in [3.05, 3.63) is 41.3 Å². The lowest BCUT2D eigenvalue weighted by molar-refractivity contribution is 0.769. The molecule has 0 heterocycles. The lowest BCUT2D eigenvalue weighted by atomic mass is 9.94. The number of hydrogen-bond donors (Lipinski definition) is 0. The molecule has 0 aliphatic rings. The third-order valence-electron chi connectivity index (χ3n) is 2.22. The van der Waals surface area contributed by atoms with Crippen LogP contribution in [-0.2, 0) is 7.59 Å². The van der Waals surface area contributed by atoms with Gasteiger partial charge in [0, 0.05) is 11.1 Å². The summed E-state index contributed by atoms with van der Waals surface area (Å²) in [5.41, 5.74) is 1.67. The van der Waals surface area contributed by atoms with Crippen LogP contribution in [0.5, 0.6) is 0 Å². The molecule has 0 bridgehead atoms. The zero-order valence-electron chi connectivity index (χ0n) is 9.65. The topological polar surface area (TPSA) is 0 Å². The molecule has 1 rings (SSSR count). The molecule has 6 heteroatoms. The first-order valence-electron chi connectivity index (χ1n) is 5.15. The molecule has 0 unspecified atom stereocenters. The minimum absolute atomic E-state index is 0.226. The normalized spacial score (nSPS) is 13.2. The Morgan fingerprint density at radius 1 is 0.889 bits per heavy atom. The van der Waals surface area contributed by atoms with E-state index in [2.05, 4.69) is 0 Å². The van der Waals surface area contributed by atoms with Crippen LogP contribution < -0.4 is 0 Å². The van der Waals surface area contributed by atoms with Crippen LogP contribution in [0.15, 0.2) is 18.2 Å². The Kier molecular flexibility index (Phi) is 5.82. The van der Waals surface area contributed by atoms with Crippen molar-refractivity contribution in [2.75, 3.05) is 0 Å². The van der Waals surface area contributed by atoms with Crippen molar-refractivity contribution in [2.24, 2.45) is 5.92 Å². The van der Waals surface area contributed by atoms with Gasteiger partial charge in [-0.2, -0.15) is 0 Å². The molecule has 1 radical (unpaired) electrons. The van der Waals surface area contributed by atoms with Gasteiger partial charge in [-0.05, 0) is 17.9 Å². The zero-order valence-corrected chi connectivity index (χ0v) is 14.2. The molecular weight excluding hydrogens is 357 g/mol. The predicted octanol–water partition coefficient (Wildman–Crippen LogP) is 6.55. The Balaban J connectivity index is 3.45. The van der Waals surface area contributed by atoms with Crippen molar-refractivity contribution in [3.8, 4) is 0 Å². The first kappa shape index (κ1) is 17.0. The fourth-order valence-corrected chi connectivity index (χ4v) is 2.56. The van der Waals surface area contributed by atoms with Crippen LogP contribution >= 0.6 is 69.6 Å². The fraction of sp³-hybridized carbons (Fsp3) is 0.417. The average molecular weight is 368 g/mol. The third-order valence-corrected chi connectivity index (χ3v) is 3.44. The van der Waals surface area contributed by atoms with Crippen LogP contribution in [0.25, 0.3) is 0 Å². The van der Waals surface area contributed by atoms with Gasteiger partial charge >= 0.3 is 0 Å². The van der Waals surface area contributed by atoms with Gasteiger partial charge in [0.1, 0.15) is 0 Å². The summed E-state index contributed by atoms with van der Waals surface area (Å²) in [7, 11) is 0. The number of rotatable bonds is 2. The van der Waals surface area contributed by atoms with Crippen LogP contribution in [-0.4, -0.2) is 0 Å². The van der Waals surface area contributed by atoms with Gasteiger partial charge in [-0.25, -0.2) is 0 Å². The maximum absolute atomic E-state index is 5.95. The Bertz CT molecular complexity index is 381. The van der Waals surface area contributed by atoms with Crippen molar-refractivity contribution in [1.29, 1.82) is 0 Å². The van der Waals surface area contributed by atoms with Crippen molar-refractivity contribution in [3.63, 3.8) is 0 Å². The molecule has 0 aromatic heterocycles. The highest BCUT2D eigenvalue weighted by Gasteiger charge is 2.33. The van der Waals surface area contributed by atoms with E-state index in [0.29, 0.717) is 16.7 Å². The van der Waals surface area contributed by atoms with Crippen molar-refractivity contribution < 1.29 is 0 Å². The van der Waals surface area contributed by atoms with Crippen LogP contribution in [0.2, 0.25) is 0 Å². The average Bonchev–Trinajstić information content (AvgIpc) is 2.13. The van der Waals surface area contributed by atoms with Crippen molar-refractivity contribution in [1.82, 2.24) is 0 Å². The van der Waals surface area contributed by atoms with E-state index >= 15 is 0 Å². The minimum atomic E-state index is -1.56. The van der Waals surface area contributed by atoms with E-state index in [4.69, 9.17) is 69.6 Å². The summed E-state index contributed by atoms with van der Waals surface area (Å²) >= 11 is 35.7. The molecule has 0 aliphatic heterocycles. The van der Waals surface area contributed by atoms with Gasteiger partial charge in [0.05, 0.1) is 0 Å². The first-order valence-corrected chi connectivity index (χ1v) is 7.42. The van der Waals surface area contributed by atoms with Gasteiger partial charge < -0.3 is 0 Å².